The average Bonchev–Trinajstić information content (AvgIpc) is 2.94. The van der Waals surface area contributed by atoms with Gasteiger partial charge in [-0.3, -0.25) is 5.43 Å². The monoisotopic (exact) mass is 224 g/mol. The first kappa shape index (κ1) is 9.78. The van der Waals surface area contributed by atoms with Crippen LogP contribution >= 0.6 is 0 Å². The van der Waals surface area contributed by atoms with E-state index in [-0.39, 0.29) is 0 Å². The van der Waals surface area contributed by atoms with E-state index in [0.29, 0.717) is 0 Å². The van der Waals surface area contributed by atoms with Crippen molar-refractivity contribution in [1.29, 1.82) is 0 Å². The second-order valence-electron chi connectivity index (χ2n) is 3.74. The third-order valence-corrected chi connectivity index (χ3v) is 2.64. The minimum Gasteiger partial charge on any atom is -0.366 e. The molecule has 84 valence electrons. The predicted octanol–water partition coefficient (Wildman–Crippen LogP) is 3.08. The lowest BCUT2D eigenvalue weighted by Gasteiger charge is -2.16. The molecule has 3 heteroatoms. The van der Waals surface area contributed by atoms with Gasteiger partial charge in [0.25, 0.3) is 0 Å². The normalized spacial score (nSPS) is 13.3. The predicted molar refractivity (Wildman–Crippen MR) is 67.7 cm³/mol. The standard InChI is InChI=1S/C14H12N2O/c1-2-4-12(5-3-1)13-6-8-14(9-7-13)16-15-10-11-17-16/h1-11,15H. The Morgan fingerprint density at radius 3 is 2.18 bits per heavy atom. The number of hydrogen-bond acceptors (Lipinski definition) is 3. The zero-order chi connectivity index (χ0) is 11.5. The van der Waals surface area contributed by atoms with Gasteiger partial charge in [0, 0.05) is 0 Å². The molecule has 0 spiro atoms. The van der Waals surface area contributed by atoms with Gasteiger partial charge in [-0.25, -0.2) is 0 Å². The summed E-state index contributed by atoms with van der Waals surface area (Å²) >= 11 is 0. The van der Waals surface area contributed by atoms with Crippen LogP contribution in [-0.2, 0) is 4.84 Å². The van der Waals surface area contributed by atoms with Crippen LogP contribution in [0.1, 0.15) is 0 Å². The van der Waals surface area contributed by atoms with E-state index in [1.54, 1.807) is 17.6 Å². The van der Waals surface area contributed by atoms with Crippen LogP contribution in [0.4, 0.5) is 5.69 Å². The summed E-state index contributed by atoms with van der Waals surface area (Å²) in [5, 5.41) is 1.61. The van der Waals surface area contributed by atoms with Crippen molar-refractivity contribution < 1.29 is 4.84 Å². The van der Waals surface area contributed by atoms with Crippen LogP contribution in [0.5, 0.6) is 0 Å². The van der Waals surface area contributed by atoms with Gasteiger partial charge < -0.3 is 4.84 Å². The highest BCUT2D eigenvalue weighted by Gasteiger charge is 2.08. The molecule has 0 unspecified atom stereocenters. The van der Waals surface area contributed by atoms with E-state index in [1.165, 1.54) is 11.1 Å². The van der Waals surface area contributed by atoms with E-state index in [0.717, 1.165) is 5.69 Å². The second kappa shape index (κ2) is 4.22. The van der Waals surface area contributed by atoms with Gasteiger partial charge >= 0.3 is 0 Å². The Kier molecular flexibility index (Phi) is 2.43. The van der Waals surface area contributed by atoms with Gasteiger partial charge in [-0.15, -0.1) is 5.17 Å². The highest BCUT2D eigenvalue weighted by Crippen LogP contribution is 2.23. The third-order valence-electron chi connectivity index (χ3n) is 2.64. The van der Waals surface area contributed by atoms with Gasteiger partial charge in [-0.05, 0) is 23.3 Å². The Morgan fingerprint density at radius 2 is 1.53 bits per heavy atom. The summed E-state index contributed by atoms with van der Waals surface area (Å²) in [6, 6.07) is 18.5. The molecule has 2 aromatic rings. The van der Waals surface area contributed by atoms with Crippen LogP contribution in [0.3, 0.4) is 0 Å². The lowest BCUT2D eigenvalue weighted by Crippen LogP contribution is -2.27. The molecule has 0 aromatic heterocycles. The van der Waals surface area contributed by atoms with Gasteiger partial charge in [-0.1, -0.05) is 42.5 Å². The minimum atomic E-state index is 0.967. The Bertz CT molecular complexity index is 512. The molecule has 1 N–H and O–H groups in total. The average molecular weight is 224 g/mol. The SMILES string of the molecule is C1=CON(c2ccc(-c3ccccc3)cc2)N1. The maximum atomic E-state index is 5.23. The lowest BCUT2D eigenvalue weighted by atomic mass is 10.1. The molecule has 1 heterocycles. The van der Waals surface area contributed by atoms with E-state index in [1.807, 2.05) is 30.3 Å². The molecule has 1 aliphatic heterocycles. The smallest absolute Gasteiger partial charge is 0.139 e. The summed E-state index contributed by atoms with van der Waals surface area (Å²) in [7, 11) is 0. The maximum absolute atomic E-state index is 5.23. The van der Waals surface area contributed by atoms with Crippen LogP contribution in [0, 0.1) is 0 Å². The molecule has 17 heavy (non-hydrogen) atoms. The maximum Gasteiger partial charge on any atom is 0.139 e. The molecule has 0 atom stereocenters. The van der Waals surface area contributed by atoms with Gasteiger partial charge in [-0.2, -0.15) is 0 Å². The first-order chi connectivity index (χ1) is 8.43. The van der Waals surface area contributed by atoms with Gasteiger partial charge in [0.1, 0.15) is 6.26 Å². The molecule has 0 saturated heterocycles. The Morgan fingerprint density at radius 1 is 0.824 bits per heavy atom. The van der Waals surface area contributed by atoms with E-state index in [4.69, 9.17) is 4.84 Å². The number of nitrogens with one attached hydrogen (secondary N) is 1. The number of nitrogens with zero attached hydrogens (tertiary/aromatic N) is 1. The number of hydrazine groups is 1. The van der Waals surface area contributed by atoms with Crippen molar-refractivity contribution in [3.63, 3.8) is 0 Å². The number of hydrogen-bond donors (Lipinski definition) is 1. The number of benzene rings is 2. The van der Waals surface area contributed by atoms with Crippen molar-refractivity contribution in [1.82, 2.24) is 5.43 Å². The van der Waals surface area contributed by atoms with Crippen LogP contribution in [0.15, 0.2) is 67.1 Å². The fourth-order valence-corrected chi connectivity index (χ4v) is 1.78. The van der Waals surface area contributed by atoms with E-state index in [2.05, 4.69) is 29.7 Å². The third kappa shape index (κ3) is 1.95. The first-order valence-corrected chi connectivity index (χ1v) is 5.47. The molecule has 0 bridgehead atoms. The summed E-state index contributed by atoms with van der Waals surface area (Å²) in [5.74, 6) is 0. The largest absolute Gasteiger partial charge is 0.366 e. The topological polar surface area (TPSA) is 24.5 Å². The minimum absolute atomic E-state index is 0.967. The summed E-state index contributed by atoms with van der Waals surface area (Å²) < 4.78 is 0. The van der Waals surface area contributed by atoms with Crippen molar-refractivity contribution in [3.8, 4) is 11.1 Å². The van der Waals surface area contributed by atoms with Crippen molar-refractivity contribution >= 4 is 5.69 Å². The fraction of sp³-hybridized carbons (Fsp3) is 0. The number of rotatable bonds is 2. The highest BCUT2D eigenvalue weighted by atomic mass is 16.7. The summed E-state index contributed by atoms with van der Waals surface area (Å²) in [6.07, 6.45) is 3.34. The zero-order valence-electron chi connectivity index (χ0n) is 9.21. The molecule has 0 aliphatic carbocycles. The van der Waals surface area contributed by atoms with E-state index < -0.39 is 0 Å². The molecule has 3 nitrogen and oxygen atoms in total. The molecule has 1 aliphatic rings. The summed E-state index contributed by atoms with van der Waals surface area (Å²) in [4.78, 5) is 5.23. The first-order valence-electron chi connectivity index (χ1n) is 5.47. The van der Waals surface area contributed by atoms with E-state index >= 15 is 0 Å². The summed E-state index contributed by atoms with van der Waals surface area (Å²) in [6.45, 7) is 0. The van der Waals surface area contributed by atoms with Crippen molar-refractivity contribution in [3.05, 3.63) is 67.1 Å². The van der Waals surface area contributed by atoms with Crippen molar-refractivity contribution in [2.45, 2.75) is 0 Å². The Balaban J connectivity index is 1.85. The summed E-state index contributed by atoms with van der Waals surface area (Å²) in [5.41, 5.74) is 6.34. The molecule has 0 fully saturated rings. The van der Waals surface area contributed by atoms with Crippen LogP contribution in [0.2, 0.25) is 0 Å². The molecular formula is C14H12N2O. The van der Waals surface area contributed by atoms with E-state index in [9.17, 15) is 0 Å². The van der Waals surface area contributed by atoms with Crippen molar-refractivity contribution in [2.75, 3.05) is 5.17 Å². The second-order valence-corrected chi connectivity index (χ2v) is 3.74. The van der Waals surface area contributed by atoms with Gasteiger partial charge in [0.2, 0.25) is 0 Å². The number of anilines is 1. The quantitative estimate of drug-likeness (QED) is 0.848. The lowest BCUT2D eigenvalue weighted by molar-refractivity contribution is 0.221. The molecule has 0 radical (unpaired) electrons. The zero-order valence-corrected chi connectivity index (χ0v) is 9.21. The van der Waals surface area contributed by atoms with Gasteiger partial charge in [0.05, 0.1) is 11.9 Å². The van der Waals surface area contributed by atoms with Crippen LogP contribution < -0.4 is 10.6 Å². The van der Waals surface area contributed by atoms with Gasteiger partial charge in [0.15, 0.2) is 0 Å². The molecule has 0 saturated carbocycles. The fourth-order valence-electron chi connectivity index (χ4n) is 1.78. The highest BCUT2D eigenvalue weighted by molar-refractivity contribution is 5.65. The molecule has 0 amide bonds. The van der Waals surface area contributed by atoms with Crippen LogP contribution in [0.25, 0.3) is 11.1 Å². The van der Waals surface area contributed by atoms with Crippen molar-refractivity contribution in [2.24, 2.45) is 0 Å². The molecule has 2 aromatic carbocycles. The molecular weight excluding hydrogens is 212 g/mol. The molecule has 3 rings (SSSR count). The van der Waals surface area contributed by atoms with Crippen LogP contribution in [-0.4, -0.2) is 0 Å². The Hall–Kier alpha value is -2.42. The Labute approximate surface area is 99.9 Å².